The van der Waals surface area contributed by atoms with Crippen molar-refractivity contribution in [3.63, 3.8) is 0 Å². The number of aromatic nitrogens is 2. The van der Waals surface area contributed by atoms with Crippen molar-refractivity contribution in [1.29, 1.82) is 0 Å². The maximum Gasteiger partial charge on any atom is 0.257 e. The molecule has 7 heteroatoms. The smallest absolute Gasteiger partial charge is 0.257 e. The fraction of sp³-hybridized carbons (Fsp3) is 0.200. The van der Waals surface area contributed by atoms with Crippen LogP contribution in [0.1, 0.15) is 49.6 Å². The third-order valence-corrected chi connectivity index (χ3v) is 7.02. The molecule has 3 aromatic heterocycles. The van der Waals surface area contributed by atoms with Gasteiger partial charge in [-0.15, -0.1) is 11.3 Å². The average Bonchev–Trinajstić information content (AvgIpc) is 3.17. The lowest BCUT2D eigenvalue weighted by atomic mass is 9.95. The lowest BCUT2D eigenvalue weighted by Crippen LogP contribution is -2.19. The molecule has 1 aliphatic rings. The highest BCUT2D eigenvalue weighted by atomic mass is 32.1. The number of primary amides is 1. The number of benzene rings is 1. The first-order valence-corrected chi connectivity index (χ1v) is 11.4. The van der Waals surface area contributed by atoms with E-state index in [4.69, 9.17) is 10.7 Å². The second-order valence-corrected chi connectivity index (χ2v) is 9.16. The highest BCUT2D eigenvalue weighted by Crippen LogP contribution is 2.38. The van der Waals surface area contributed by atoms with Gasteiger partial charge in [-0.05, 0) is 68.5 Å². The number of hydrogen-bond acceptors (Lipinski definition) is 5. The Labute approximate surface area is 189 Å². The summed E-state index contributed by atoms with van der Waals surface area (Å²) in [5.74, 6) is -0.777. The molecule has 0 fully saturated rings. The van der Waals surface area contributed by atoms with Gasteiger partial charge in [-0.3, -0.25) is 14.6 Å². The Hall–Kier alpha value is -3.58. The van der Waals surface area contributed by atoms with E-state index in [1.54, 1.807) is 18.5 Å². The highest BCUT2D eigenvalue weighted by molar-refractivity contribution is 7.17. The van der Waals surface area contributed by atoms with Crippen LogP contribution >= 0.6 is 11.3 Å². The molecular formula is C25H22N4O2S. The Kier molecular flexibility index (Phi) is 5.19. The molecule has 0 spiro atoms. The summed E-state index contributed by atoms with van der Waals surface area (Å²) in [6, 6.07) is 11.4. The maximum absolute atomic E-state index is 13.5. The molecule has 32 heavy (non-hydrogen) atoms. The number of nitrogens with one attached hydrogen (secondary N) is 1. The van der Waals surface area contributed by atoms with E-state index in [1.807, 2.05) is 37.3 Å². The van der Waals surface area contributed by atoms with Crippen molar-refractivity contribution in [2.75, 3.05) is 5.32 Å². The van der Waals surface area contributed by atoms with Gasteiger partial charge in [0.1, 0.15) is 5.00 Å². The van der Waals surface area contributed by atoms with E-state index >= 15 is 0 Å². The number of pyridine rings is 2. The standard InChI is InChI=1S/C25H22N4O2S/c1-14-8-9-19-17(11-14)18(12-20(28-19)15-5-4-10-27-13-15)24(31)29-25-22(23(26)30)16-6-2-3-7-21(16)32-25/h4-5,8-13H,2-3,6-7H2,1H3,(H2,26,30)(H,29,31). The minimum atomic E-state index is -0.494. The summed E-state index contributed by atoms with van der Waals surface area (Å²) in [6.07, 6.45) is 7.27. The van der Waals surface area contributed by atoms with Crippen molar-refractivity contribution in [2.45, 2.75) is 32.6 Å². The summed E-state index contributed by atoms with van der Waals surface area (Å²) < 4.78 is 0. The predicted molar refractivity (Wildman–Crippen MR) is 127 cm³/mol. The van der Waals surface area contributed by atoms with Gasteiger partial charge in [-0.25, -0.2) is 4.98 Å². The number of aryl methyl sites for hydroxylation is 2. The summed E-state index contributed by atoms with van der Waals surface area (Å²) >= 11 is 1.46. The number of nitrogens with zero attached hydrogens (tertiary/aromatic N) is 2. The normalized spacial score (nSPS) is 13.0. The number of amides is 2. The minimum Gasteiger partial charge on any atom is -0.365 e. The Bertz CT molecular complexity index is 1360. The summed E-state index contributed by atoms with van der Waals surface area (Å²) in [5, 5.41) is 4.29. The fourth-order valence-corrected chi connectivity index (χ4v) is 5.56. The summed E-state index contributed by atoms with van der Waals surface area (Å²) in [6.45, 7) is 1.98. The van der Waals surface area contributed by atoms with Gasteiger partial charge in [0.15, 0.2) is 0 Å². The van der Waals surface area contributed by atoms with Gasteiger partial charge in [0, 0.05) is 28.2 Å². The molecule has 5 rings (SSSR count). The molecule has 0 saturated heterocycles. The molecule has 3 N–H and O–H groups in total. The van der Waals surface area contributed by atoms with E-state index in [-0.39, 0.29) is 5.91 Å². The fourth-order valence-electron chi connectivity index (χ4n) is 4.27. The van der Waals surface area contributed by atoms with Crippen LogP contribution in [0.4, 0.5) is 5.00 Å². The molecule has 0 radical (unpaired) electrons. The van der Waals surface area contributed by atoms with Gasteiger partial charge in [-0.2, -0.15) is 0 Å². The number of anilines is 1. The zero-order chi connectivity index (χ0) is 22.2. The van der Waals surface area contributed by atoms with Gasteiger partial charge in [0.2, 0.25) is 0 Å². The van der Waals surface area contributed by atoms with E-state index in [0.717, 1.165) is 58.2 Å². The van der Waals surface area contributed by atoms with Crippen molar-refractivity contribution < 1.29 is 9.59 Å². The second kappa shape index (κ2) is 8.16. The van der Waals surface area contributed by atoms with Crippen LogP contribution in [0.3, 0.4) is 0 Å². The Morgan fingerprint density at radius 2 is 1.97 bits per heavy atom. The lowest BCUT2D eigenvalue weighted by Gasteiger charge is -2.12. The number of fused-ring (bicyclic) bond motifs is 2. The van der Waals surface area contributed by atoms with Crippen molar-refractivity contribution in [3.05, 3.63) is 75.9 Å². The summed E-state index contributed by atoms with van der Waals surface area (Å²) in [5.41, 5.74) is 10.9. The Balaban J connectivity index is 1.62. The largest absolute Gasteiger partial charge is 0.365 e. The number of rotatable bonds is 4. The topological polar surface area (TPSA) is 98.0 Å². The molecule has 0 saturated carbocycles. The molecule has 0 bridgehead atoms. The highest BCUT2D eigenvalue weighted by Gasteiger charge is 2.26. The van der Waals surface area contributed by atoms with Crippen molar-refractivity contribution in [3.8, 4) is 11.3 Å². The number of carbonyl (C=O) groups excluding carboxylic acids is 2. The second-order valence-electron chi connectivity index (χ2n) is 8.05. The molecule has 0 atom stereocenters. The molecule has 2 amide bonds. The average molecular weight is 443 g/mol. The van der Waals surface area contributed by atoms with Crippen LogP contribution in [0.5, 0.6) is 0 Å². The molecule has 0 unspecified atom stereocenters. The van der Waals surface area contributed by atoms with Crippen molar-refractivity contribution in [2.24, 2.45) is 5.73 Å². The van der Waals surface area contributed by atoms with E-state index in [2.05, 4.69) is 10.3 Å². The van der Waals surface area contributed by atoms with E-state index in [0.29, 0.717) is 21.8 Å². The van der Waals surface area contributed by atoms with Crippen molar-refractivity contribution >= 4 is 39.1 Å². The van der Waals surface area contributed by atoms with E-state index < -0.39 is 5.91 Å². The van der Waals surface area contributed by atoms with Gasteiger partial charge in [0.05, 0.1) is 22.3 Å². The summed E-state index contributed by atoms with van der Waals surface area (Å²) in [7, 11) is 0. The van der Waals surface area contributed by atoms with Crippen LogP contribution in [0.25, 0.3) is 22.2 Å². The van der Waals surface area contributed by atoms with Crippen LogP contribution in [0.2, 0.25) is 0 Å². The van der Waals surface area contributed by atoms with Crippen molar-refractivity contribution in [1.82, 2.24) is 9.97 Å². The van der Waals surface area contributed by atoms with Gasteiger partial charge < -0.3 is 11.1 Å². The molecule has 1 aromatic carbocycles. The Morgan fingerprint density at radius 1 is 1.12 bits per heavy atom. The minimum absolute atomic E-state index is 0.283. The van der Waals surface area contributed by atoms with Gasteiger partial charge in [-0.1, -0.05) is 11.6 Å². The first-order valence-electron chi connectivity index (χ1n) is 10.6. The number of carbonyl (C=O) groups is 2. The predicted octanol–water partition coefficient (Wildman–Crippen LogP) is 4.90. The molecule has 4 aromatic rings. The number of nitrogens with two attached hydrogens (primary N) is 1. The number of hydrogen-bond donors (Lipinski definition) is 2. The SMILES string of the molecule is Cc1ccc2nc(-c3cccnc3)cc(C(=O)Nc3sc4c(c3C(N)=O)CCCC4)c2c1. The third-order valence-electron chi connectivity index (χ3n) is 5.81. The first kappa shape index (κ1) is 20.3. The summed E-state index contributed by atoms with van der Waals surface area (Å²) in [4.78, 5) is 35.8. The van der Waals surface area contributed by atoms with E-state index in [9.17, 15) is 9.59 Å². The maximum atomic E-state index is 13.5. The molecular weight excluding hydrogens is 420 g/mol. The molecule has 3 heterocycles. The molecule has 1 aliphatic carbocycles. The molecule has 6 nitrogen and oxygen atoms in total. The van der Waals surface area contributed by atoms with Crippen LogP contribution in [-0.4, -0.2) is 21.8 Å². The third kappa shape index (κ3) is 3.65. The van der Waals surface area contributed by atoms with E-state index in [1.165, 1.54) is 11.3 Å². The lowest BCUT2D eigenvalue weighted by molar-refractivity contribution is 0.100. The van der Waals surface area contributed by atoms with Crippen LogP contribution in [0.15, 0.2) is 48.8 Å². The monoisotopic (exact) mass is 442 g/mol. The molecule has 0 aliphatic heterocycles. The van der Waals surface area contributed by atoms with Crippen LogP contribution in [0, 0.1) is 6.92 Å². The van der Waals surface area contributed by atoms with Gasteiger partial charge in [0.25, 0.3) is 11.8 Å². The van der Waals surface area contributed by atoms with Crippen LogP contribution in [-0.2, 0) is 12.8 Å². The first-order chi connectivity index (χ1) is 15.5. The zero-order valence-corrected chi connectivity index (χ0v) is 18.5. The molecule has 160 valence electrons. The quantitative estimate of drug-likeness (QED) is 0.470. The zero-order valence-electron chi connectivity index (χ0n) is 17.6. The number of thiophene rings is 1. The van der Waals surface area contributed by atoms with Gasteiger partial charge >= 0.3 is 0 Å². The Morgan fingerprint density at radius 3 is 2.75 bits per heavy atom. The van der Waals surface area contributed by atoms with Crippen LogP contribution < -0.4 is 11.1 Å².